The first-order chi connectivity index (χ1) is 3.39. The molecule has 2 N–H and O–H groups in total. The molecular weight excluding hydrogens is 255 g/mol. The van der Waals surface area contributed by atoms with Gasteiger partial charge in [-0.05, 0) is 12.1 Å². The second-order valence-electron chi connectivity index (χ2n) is 1.41. The van der Waals surface area contributed by atoms with E-state index in [1.807, 2.05) is 30.3 Å². The Balaban J connectivity index is -0.0000000327. The van der Waals surface area contributed by atoms with Crippen molar-refractivity contribution >= 4 is 35.5 Å². The number of hydrogen-bond acceptors (Lipinski definition) is 1. The molecule has 0 aliphatic carbocycles. The summed E-state index contributed by atoms with van der Waals surface area (Å²) in [6.45, 7) is 0. The van der Waals surface area contributed by atoms with E-state index in [1.54, 1.807) is 0 Å². The maximum Gasteiger partial charge on any atom is 3.00 e. The summed E-state index contributed by atoms with van der Waals surface area (Å²) in [5.74, 6) is 0. The molecule has 1 rings (SSSR count). The Morgan fingerprint density at radius 3 is 1.33 bits per heavy atom. The number of hydrogen-bond donors (Lipinski definition) is 1. The topological polar surface area (TPSA) is 26.0 Å². The standard InChI is InChI=1S/C6H7N.Al.4ClH/c7-6-4-2-1-3-5-6;;;;;/h1-5H,7H2;;4*1H/q;+3;;;;/p-3. The summed E-state index contributed by atoms with van der Waals surface area (Å²) in [5.41, 5.74) is 6.18. The summed E-state index contributed by atoms with van der Waals surface area (Å²) >= 11 is 0. The van der Waals surface area contributed by atoms with Gasteiger partial charge < -0.3 is 43.0 Å². The van der Waals surface area contributed by atoms with Crippen LogP contribution in [0.4, 0.5) is 5.69 Å². The van der Waals surface area contributed by atoms with Crippen molar-refractivity contribution in [1.29, 1.82) is 0 Å². The van der Waals surface area contributed by atoms with Crippen molar-refractivity contribution in [3.05, 3.63) is 30.3 Å². The van der Waals surface area contributed by atoms with E-state index in [9.17, 15) is 0 Å². The number of rotatable bonds is 0. The molecule has 0 unspecified atom stereocenters. The summed E-state index contributed by atoms with van der Waals surface area (Å²) in [6.07, 6.45) is 0. The largest absolute Gasteiger partial charge is 3.00 e. The molecule has 0 saturated carbocycles. The van der Waals surface area contributed by atoms with Crippen LogP contribution >= 0.6 is 12.4 Å². The molecule has 0 aliphatic heterocycles. The molecule has 0 atom stereocenters. The van der Waals surface area contributed by atoms with E-state index in [2.05, 4.69) is 0 Å². The smallest absolute Gasteiger partial charge is 1.00 e. The Hall–Kier alpha value is 0.712. The molecule has 1 aromatic rings. The van der Waals surface area contributed by atoms with Gasteiger partial charge in [0, 0.05) is 5.69 Å². The minimum absolute atomic E-state index is 0. The second kappa shape index (κ2) is 17.7. The molecule has 0 heterocycles. The first-order valence-corrected chi connectivity index (χ1v) is 2.20. The van der Waals surface area contributed by atoms with Gasteiger partial charge in [0.05, 0.1) is 0 Å². The summed E-state index contributed by atoms with van der Waals surface area (Å²) in [5, 5.41) is 0. The predicted octanol–water partition coefficient (Wildman–Crippen LogP) is -7.68. The minimum Gasteiger partial charge on any atom is -1.00 e. The maximum absolute atomic E-state index is 5.36. The third-order valence-corrected chi connectivity index (χ3v) is 0.800. The maximum atomic E-state index is 5.36. The van der Waals surface area contributed by atoms with Gasteiger partial charge in [-0.3, -0.25) is 0 Å². The van der Waals surface area contributed by atoms with Gasteiger partial charge >= 0.3 is 17.4 Å². The molecule has 0 amide bonds. The Kier molecular flexibility index (Phi) is 43.3. The average molecular weight is 263 g/mol. The van der Waals surface area contributed by atoms with Gasteiger partial charge in [-0.1, -0.05) is 18.2 Å². The molecule has 12 heavy (non-hydrogen) atoms. The molecule has 0 radical (unpaired) electrons. The van der Waals surface area contributed by atoms with Crippen LogP contribution in [-0.4, -0.2) is 17.4 Å². The fourth-order valence-electron chi connectivity index (χ4n) is 0.453. The molecule has 0 aromatic heterocycles. The summed E-state index contributed by atoms with van der Waals surface area (Å²) in [7, 11) is 0. The zero-order valence-corrected chi connectivity index (χ0v) is 10.3. The second-order valence-corrected chi connectivity index (χ2v) is 1.41. The molecule has 0 bridgehead atoms. The van der Waals surface area contributed by atoms with Gasteiger partial charge in [0.25, 0.3) is 0 Å². The number of benzene rings is 1. The van der Waals surface area contributed by atoms with Crippen molar-refractivity contribution < 1.29 is 37.2 Å². The molecular formula is C6H8AlCl4N. The Labute approximate surface area is 108 Å². The van der Waals surface area contributed by atoms with E-state index in [1.165, 1.54) is 0 Å². The van der Waals surface area contributed by atoms with Crippen LogP contribution < -0.4 is 43.0 Å². The van der Waals surface area contributed by atoms with E-state index in [-0.39, 0.29) is 67.0 Å². The monoisotopic (exact) mass is 261 g/mol. The van der Waals surface area contributed by atoms with Crippen LogP contribution in [0.5, 0.6) is 0 Å². The first-order valence-electron chi connectivity index (χ1n) is 2.20. The van der Waals surface area contributed by atoms with Crippen molar-refractivity contribution in [3.63, 3.8) is 0 Å². The zero-order chi connectivity index (χ0) is 5.11. The van der Waals surface area contributed by atoms with Crippen LogP contribution in [0.1, 0.15) is 0 Å². The van der Waals surface area contributed by atoms with Crippen molar-refractivity contribution in [2.75, 3.05) is 5.73 Å². The molecule has 0 spiro atoms. The third kappa shape index (κ3) is 13.3. The average Bonchev–Trinajstić information content (AvgIpc) is 1.69. The van der Waals surface area contributed by atoms with Gasteiger partial charge in [-0.15, -0.1) is 12.4 Å². The molecule has 1 aromatic carbocycles. The van der Waals surface area contributed by atoms with Crippen molar-refractivity contribution in [3.8, 4) is 0 Å². The van der Waals surface area contributed by atoms with Gasteiger partial charge in [0.2, 0.25) is 0 Å². The van der Waals surface area contributed by atoms with Crippen molar-refractivity contribution in [2.45, 2.75) is 0 Å². The summed E-state index contributed by atoms with van der Waals surface area (Å²) in [4.78, 5) is 0. The molecule has 0 aliphatic rings. The van der Waals surface area contributed by atoms with Crippen LogP contribution in [-0.2, 0) is 0 Å². The van der Waals surface area contributed by atoms with Crippen LogP contribution in [0.15, 0.2) is 30.3 Å². The van der Waals surface area contributed by atoms with E-state index >= 15 is 0 Å². The van der Waals surface area contributed by atoms with Gasteiger partial charge in [-0.25, -0.2) is 0 Å². The molecule has 1 nitrogen and oxygen atoms in total. The Bertz CT molecular complexity index is 149. The van der Waals surface area contributed by atoms with Gasteiger partial charge in [-0.2, -0.15) is 0 Å². The molecule has 0 saturated heterocycles. The fourth-order valence-corrected chi connectivity index (χ4v) is 0.453. The Morgan fingerprint density at radius 2 is 1.17 bits per heavy atom. The molecule has 68 valence electrons. The van der Waals surface area contributed by atoms with Crippen LogP contribution in [0.2, 0.25) is 0 Å². The van der Waals surface area contributed by atoms with E-state index in [4.69, 9.17) is 5.73 Å². The van der Waals surface area contributed by atoms with Crippen molar-refractivity contribution in [2.24, 2.45) is 0 Å². The SMILES string of the molecule is Cl.Nc1ccccc1.[Al+3].[Cl-].[Cl-].[Cl-]. The zero-order valence-electron chi connectivity index (χ0n) is 6.08. The molecule has 0 fully saturated rings. The normalized spacial score (nSPS) is 5.00. The quantitative estimate of drug-likeness (QED) is 0.365. The fraction of sp³-hybridized carbons (Fsp3) is 0. The molecule has 6 heteroatoms. The third-order valence-electron chi connectivity index (χ3n) is 0.800. The van der Waals surface area contributed by atoms with Gasteiger partial charge in [0.1, 0.15) is 0 Å². The van der Waals surface area contributed by atoms with E-state index in [0.717, 1.165) is 5.69 Å². The van der Waals surface area contributed by atoms with Crippen molar-refractivity contribution in [1.82, 2.24) is 0 Å². The predicted molar refractivity (Wildman–Crippen MR) is 43.9 cm³/mol. The van der Waals surface area contributed by atoms with E-state index in [0.29, 0.717) is 0 Å². The van der Waals surface area contributed by atoms with Gasteiger partial charge in [0.15, 0.2) is 0 Å². The number of anilines is 1. The number of nitrogens with two attached hydrogens (primary N) is 1. The summed E-state index contributed by atoms with van der Waals surface area (Å²) < 4.78 is 0. The number of halogens is 4. The Morgan fingerprint density at radius 1 is 0.833 bits per heavy atom. The number of nitrogen functional groups attached to an aromatic ring is 1. The van der Waals surface area contributed by atoms with Crippen LogP contribution in [0.25, 0.3) is 0 Å². The number of para-hydroxylation sites is 1. The van der Waals surface area contributed by atoms with E-state index < -0.39 is 0 Å². The van der Waals surface area contributed by atoms with Crippen LogP contribution in [0, 0.1) is 0 Å². The summed E-state index contributed by atoms with van der Waals surface area (Å²) in [6, 6.07) is 9.49. The van der Waals surface area contributed by atoms with Crippen LogP contribution in [0.3, 0.4) is 0 Å². The first kappa shape index (κ1) is 29.3. The minimum atomic E-state index is 0.